The molecule has 6 heteroatoms. The number of hydrogen-bond donors (Lipinski definition) is 2. The number of pyridine rings is 1. The first kappa shape index (κ1) is 17.3. The molecule has 2 aromatic rings. The van der Waals surface area contributed by atoms with Gasteiger partial charge >= 0.3 is 0 Å². The lowest BCUT2D eigenvalue weighted by Gasteiger charge is -2.33. The molecule has 2 N–H and O–H groups in total. The lowest BCUT2D eigenvalue weighted by molar-refractivity contribution is 0.459. The number of piperidine rings is 1. The topological polar surface area (TPSA) is 65.7 Å². The van der Waals surface area contributed by atoms with Gasteiger partial charge in [0.25, 0.3) is 0 Å². The van der Waals surface area contributed by atoms with Gasteiger partial charge in [0.1, 0.15) is 11.6 Å². The molecule has 0 radical (unpaired) electrons. The van der Waals surface area contributed by atoms with Gasteiger partial charge in [-0.25, -0.2) is 4.98 Å². The summed E-state index contributed by atoms with van der Waals surface area (Å²) in [5, 5.41) is 6.91. The Hall–Kier alpha value is -2.50. The zero-order chi connectivity index (χ0) is 17.3. The van der Waals surface area contributed by atoms with Crippen molar-refractivity contribution in [3.8, 4) is 0 Å². The van der Waals surface area contributed by atoms with Crippen LogP contribution in [0.3, 0.4) is 0 Å². The number of furan rings is 1. The molecule has 1 fully saturated rings. The highest BCUT2D eigenvalue weighted by Gasteiger charge is 2.20. The molecule has 1 aliphatic rings. The largest absolute Gasteiger partial charge is 0.469 e. The summed E-state index contributed by atoms with van der Waals surface area (Å²) in [6, 6.07) is 10.4. The summed E-state index contributed by atoms with van der Waals surface area (Å²) in [6.45, 7) is 5.70. The molecule has 1 aliphatic heterocycles. The Morgan fingerprint density at radius 3 is 2.84 bits per heavy atom. The van der Waals surface area contributed by atoms with Crippen molar-refractivity contribution in [3.05, 3.63) is 48.6 Å². The number of anilines is 1. The fraction of sp³-hybridized carbons (Fsp3) is 0.474. The number of rotatable bonds is 6. The minimum atomic E-state index is 0.446. The van der Waals surface area contributed by atoms with Gasteiger partial charge in [0.05, 0.1) is 6.26 Å². The first-order valence-corrected chi connectivity index (χ1v) is 9.08. The average molecular weight is 341 g/mol. The van der Waals surface area contributed by atoms with Gasteiger partial charge in [-0.1, -0.05) is 6.07 Å². The second-order valence-electron chi connectivity index (χ2n) is 6.18. The van der Waals surface area contributed by atoms with Crippen molar-refractivity contribution in [1.82, 2.24) is 15.6 Å². The molecular weight excluding hydrogens is 314 g/mol. The van der Waals surface area contributed by atoms with E-state index in [0.29, 0.717) is 6.04 Å². The highest BCUT2D eigenvalue weighted by molar-refractivity contribution is 5.80. The Balaban J connectivity index is 1.47. The molecule has 0 bridgehead atoms. The maximum Gasteiger partial charge on any atom is 0.191 e. The second kappa shape index (κ2) is 9.11. The fourth-order valence-electron chi connectivity index (χ4n) is 3.04. The molecule has 2 aromatic heterocycles. The summed E-state index contributed by atoms with van der Waals surface area (Å²) in [6.07, 6.45) is 6.55. The molecular formula is C19H27N5O. The van der Waals surface area contributed by atoms with Gasteiger partial charge in [-0.15, -0.1) is 0 Å². The SMILES string of the molecule is CCNC(=NCCc1ccco1)NC1CCN(c2ccccn2)CC1. The molecule has 0 spiro atoms. The van der Waals surface area contributed by atoms with Crippen molar-refractivity contribution in [3.63, 3.8) is 0 Å². The maximum absolute atomic E-state index is 5.36. The molecule has 0 aliphatic carbocycles. The number of aliphatic imine (C=N–C) groups is 1. The molecule has 0 saturated carbocycles. The summed E-state index contributed by atoms with van der Waals surface area (Å²) in [4.78, 5) is 11.5. The van der Waals surface area contributed by atoms with Crippen LogP contribution in [-0.2, 0) is 6.42 Å². The van der Waals surface area contributed by atoms with E-state index in [2.05, 4.69) is 38.5 Å². The van der Waals surface area contributed by atoms with E-state index in [1.165, 1.54) is 0 Å². The van der Waals surface area contributed by atoms with Gasteiger partial charge in [-0.2, -0.15) is 0 Å². The number of hydrogen-bond acceptors (Lipinski definition) is 4. The third-order valence-corrected chi connectivity index (χ3v) is 4.36. The summed E-state index contributed by atoms with van der Waals surface area (Å²) in [7, 11) is 0. The van der Waals surface area contributed by atoms with Crippen molar-refractivity contribution in [2.24, 2.45) is 4.99 Å². The Morgan fingerprint density at radius 2 is 2.16 bits per heavy atom. The van der Waals surface area contributed by atoms with Crippen LogP contribution in [0.15, 0.2) is 52.2 Å². The van der Waals surface area contributed by atoms with Crippen LogP contribution >= 0.6 is 0 Å². The van der Waals surface area contributed by atoms with Crippen LogP contribution in [0.4, 0.5) is 5.82 Å². The molecule has 0 amide bonds. The average Bonchev–Trinajstić information content (AvgIpc) is 3.17. The maximum atomic E-state index is 5.36. The Bertz CT molecular complexity index is 633. The summed E-state index contributed by atoms with van der Waals surface area (Å²) in [5.74, 6) is 2.94. The van der Waals surface area contributed by atoms with Crippen molar-refractivity contribution in [2.75, 3.05) is 31.1 Å². The Kier molecular flexibility index (Phi) is 6.31. The highest BCUT2D eigenvalue weighted by Crippen LogP contribution is 2.17. The lowest BCUT2D eigenvalue weighted by atomic mass is 10.1. The first-order valence-electron chi connectivity index (χ1n) is 9.08. The smallest absolute Gasteiger partial charge is 0.191 e. The van der Waals surface area contributed by atoms with Crippen LogP contribution in [0.1, 0.15) is 25.5 Å². The third-order valence-electron chi connectivity index (χ3n) is 4.36. The summed E-state index contributed by atoms with van der Waals surface area (Å²) < 4.78 is 5.36. The number of nitrogens with zero attached hydrogens (tertiary/aromatic N) is 3. The molecule has 3 rings (SSSR count). The second-order valence-corrected chi connectivity index (χ2v) is 6.18. The third kappa shape index (κ3) is 5.24. The zero-order valence-corrected chi connectivity index (χ0v) is 14.8. The monoisotopic (exact) mass is 341 g/mol. The lowest BCUT2D eigenvalue weighted by Crippen LogP contribution is -2.49. The van der Waals surface area contributed by atoms with Crippen LogP contribution in [-0.4, -0.2) is 43.2 Å². The molecule has 1 saturated heterocycles. The number of guanidine groups is 1. The standard InChI is InChI=1S/C19H27N5O/c1-2-20-19(22-12-8-17-6-5-15-25-17)23-16-9-13-24(14-10-16)18-7-3-4-11-21-18/h3-7,11,15-16H,2,8-10,12-14H2,1H3,(H2,20,22,23). The summed E-state index contributed by atoms with van der Waals surface area (Å²) in [5.41, 5.74) is 0. The highest BCUT2D eigenvalue weighted by atomic mass is 16.3. The van der Waals surface area contributed by atoms with Crippen LogP contribution in [0.25, 0.3) is 0 Å². The van der Waals surface area contributed by atoms with E-state index in [9.17, 15) is 0 Å². The minimum Gasteiger partial charge on any atom is -0.469 e. The Morgan fingerprint density at radius 1 is 1.28 bits per heavy atom. The molecule has 25 heavy (non-hydrogen) atoms. The van der Waals surface area contributed by atoms with Gasteiger partial charge in [-0.05, 0) is 44.0 Å². The van der Waals surface area contributed by atoms with Crippen LogP contribution in [0, 0.1) is 0 Å². The Labute approximate surface area is 149 Å². The predicted octanol–water partition coefficient (Wildman–Crippen LogP) is 2.44. The molecule has 0 unspecified atom stereocenters. The van der Waals surface area contributed by atoms with Crippen molar-refractivity contribution in [2.45, 2.75) is 32.2 Å². The van der Waals surface area contributed by atoms with E-state index in [0.717, 1.165) is 63.0 Å². The van der Waals surface area contributed by atoms with Crippen LogP contribution in [0.5, 0.6) is 0 Å². The van der Waals surface area contributed by atoms with E-state index in [-0.39, 0.29) is 0 Å². The van der Waals surface area contributed by atoms with Crippen molar-refractivity contribution >= 4 is 11.8 Å². The molecule has 0 aromatic carbocycles. The van der Waals surface area contributed by atoms with Crippen molar-refractivity contribution < 1.29 is 4.42 Å². The van der Waals surface area contributed by atoms with Gasteiger partial charge in [0.15, 0.2) is 5.96 Å². The molecule has 6 nitrogen and oxygen atoms in total. The number of nitrogens with one attached hydrogen (secondary N) is 2. The quantitative estimate of drug-likeness (QED) is 0.624. The first-order chi connectivity index (χ1) is 12.3. The van der Waals surface area contributed by atoms with Gasteiger partial charge in [0, 0.05) is 44.8 Å². The predicted molar refractivity (Wildman–Crippen MR) is 101 cm³/mol. The van der Waals surface area contributed by atoms with E-state index in [1.54, 1.807) is 6.26 Å². The van der Waals surface area contributed by atoms with Crippen LogP contribution < -0.4 is 15.5 Å². The summed E-state index contributed by atoms with van der Waals surface area (Å²) >= 11 is 0. The van der Waals surface area contributed by atoms with E-state index >= 15 is 0 Å². The van der Waals surface area contributed by atoms with E-state index in [4.69, 9.17) is 4.42 Å². The van der Waals surface area contributed by atoms with Gasteiger partial charge in [0.2, 0.25) is 0 Å². The van der Waals surface area contributed by atoms with E-state index in [1.807, 2.05) is 30.5 Å². The fourth-order valence-corrected chi connectivity index (χ4v) is 3.04. The van der Waals surface area contributed by atoms with Crippen molar-refractivity contribution in [1.29, 1.82) is 0 Å². The molecule has 3 heterocycles. The van der Waals surface area contributed by atoms with Gasteiger partial charge < -0.3 is 20.0 Å². The van der Waals surface area contributed by atoms with Gasteiger partial charge in [-0.3, -0.25) is 4.99 Å². The van der Waals surface area contributed by atoms with Crippen LogP contribution in [0.2, 0.25) is 0 Å². The normalized spacial score (nSPS) is 16.0. The number of aromatic nitrogens is 1. The van der Waals surface area contributed by atoms with E-state index < -0.39 is 0 Å². The zero-order valence-electron chi connectivity index (χ0n) is 14.8. The molecule has 134 valence electrons. The minimum absolute atomic E-state index is 0.446. The molecule has 0 atom stereocenters.